The molecule has 0 N–H and O–H groups in total. The first-order valence-electron chi connectivity index (χ1n) is 18.3. The second-order valence-corrected chi connectivity index (χ2v) is 13.3. The van der Waals surface area contributed by atoms with E-state index in [1.807, 2.05) is 60.7 Å². The van der Waals surface area contributed by atoms with Crippen molar-refractivity contribution in [1.29, 1.82) is 0 Å². The van der Waals surface area contributed by atoms with E-state index in [0.717, 1.165) is 66.8 Å². The highest BCUT2D eigenvalue weighted by Gasteiger charge is 2.19. The van der Waals surface area contributed by atoms with Crippen LogP contribution in [0.2, 0.25) is 0 Å². The molecule has 0 amide bonds. The first-order chi connectivity index (χ1) is 27.2. The quantitative estimate of drug-likeness (QED) is 0.117. The van der Waals surface area contributed by atoms with E-state index in [1.165, 1.54) is 10.8 Å². The Bertz CT molecular complexity index is 2850. The molecule has 9 rings (SSSR count). The molecule has 0 atom stereocenters. The summed E-state index contributed by atoms with van der Waals surface area (Å²) >= 11 is 0. The molecule has 262 valence electrons. The van der Waals surface area contributed by atoms with Crippen molar-refractivity contribution in [3.63, 3.8) is 0 Å². The zero-order chi connectivity index (χ0) is 37.0. The van der Waals surface area contributed by atoms with E-state index in [1.54, 1.807) is 0 Å². The zero-order valence-corrected chi connectivity index (χ0v) is 30.1. The molecule has 1 heterocycles. The Hall–Kier alpha value is -7.37. The molecule has 9 aromatic rings. The van der Waals surface area contributed by atoms with Gasteiger partial charge >= 0.3 is 0 Å². The molecule has 0 spiro atoms. The van der Waals surface area contributed by atoms with Crippen molar-refractivity contribution in [1.82, 2.24) is 0 Å². The first kappa shape index (κ1) is 33.5. The molecule has 0 aliphatic carbocycles. The van der Waals surface area contributed by atoms with E-state index >= 15 is 0 Å². The topological polar surface area (TPSA) is 53.5 Å². The van der Waals surface area contributed by atoms with Gasteiger partial charge in [-0.25, -0.2) is 9.98 Å². The van der Waals surface area contributed by atoms with E-state index in [2.05, 4.69) is 150 Å². The predicted molar refractivity (Wildman–Crippen MR) is 231 cm³/mol. The lowest BCUT2D eigenvalue weighted by Crippen LogP contribution is -2.10. The number of para-hydroxylation sites is 1. The van der Waals surface area contributed by atoms with Crippen molar-refractivity contribution in [3.05, 3.63) is 211 Å². The number of amidine groups is 2. The largest absolute Gasteiger partial charge is 0.456 e. The van der Waals surface area contributed by atoms with Crippen LogP contribution in [0, 0.1) is 0 Å². The summed E-state index contributed by atoms with van der Waals surface area (Å²) in [6.45, 7) is 4.30. The monoisotopic (exact) mass is 708 g/mol. The lowest BCUT2D eigenvalue weighted by molar-refractivity contribution is 0.669. The zero-order valence-electron chi connectivity index (χ0n) is 30.1. The maximum atomic E-state index is 6.60. The highest BCUT2D eigenvalue weighted by molar-refractivity contribution is 6.16. The van der Waals surface area contributed by atoms with Gasteiger partial charge in [-0.3, -0.25) is 4.99 Å². The Labute approximate surface area is 319 Å². The van der Waals surface area contributed by atoms with Crippen LogP contribution in [0.25, 0.3) is 43.8 Å². The van der Waals surface area contributed by atoms with Gasteiger partial charge in [0.25, 0.3) is 0 Å². The molecule has 0 radical (unpaired) electrons. The van der Waals surface area contributed by atoms with Crippen molar-refractivity contribution in [3.8, 4) is 11.1 Å². The number of furan rings is 1. The molecule has 0 bridgehead atoms. The Morgan fingerprint density at radius 2 is 1.22 bits per heavy atom. The second kappa shape index (κ2) is 14.9. The highest BCUT2D eigenvalue weighted by Crippen LogP contribution is 2.42. The fourth-order valence-electron chi connectivity index (χ4n) is 7.25. The van der Waals surface area contributed by atoms with E-state index in [4.69, 9.17) is 14.4 Å². The number of benzene rings is 8. The van der Waals surface area contributed by atoms with Gasteiger partial charge in [0, 0.05) is 38.7 Å². The number of anilines is 3. The van der Waals surface area contributed by atoms with Gasteiger partial charge in [-0.05, 0) is 77.3 Å². The molecule has 8 aromatic carbocycles. The third-order valence-corrected chi connectivity index (χ3v) is 9.84. The Kier molecular flexibility index (Phi) is 9.09. The van der Waals surface area contributed by atoms with Crippen LogP contribution in [0.4, 0.5) is 17.1 Å². The number of hydrogen-bond donors (Lipinski definition) is 0. The molecular weight excluding hydrogens is 673 g/mol. The van der Waals surface area contributed by atoms with Crippen LogP contribution in [-0.4, -0.2) is 18.4 Å². The summed E-state index contributed by atoms with van der Waals surface area (Å²) in [5.74, 6) is 1.06. The van der Waals surface area contributed by atoms with Crippen molar-refractivity contribution in [2.24, 2.45) is 15.0 Å². The number of aliphatic imine (C=N–C) groups is 3. The number of hydrogen-bond acceptors (Lipinski definition) is 3. The molecule has 5 heteroatoms. The van der Waals surface area contributed by atoms with Crippen molar-refractivity contribution >= 4 is 68.2 Å². The van der Waals surface area contributed by atoms with Gasteiger partial charge in [-0.15, -0.1) is 0 Å². The van der Waals surface area contributed by atoms with Crippen LogP contribution in [0.5, 0.6) is 0 Å². The van der Waals surface area contributed by atoms with Crippen LogP contribution >= 0.6 is 0 Å². The maximum Gasteiger partial charge on any atom is 0.161 e. The fraction of sp³-hybridized carbons (Fsp3) is 0.0200. The standard InChI is InChI=1S/C50H36N4O/c1-51-49(37-19-7-3-8-20-37)53-50(52-34-35-16-5-2-6-17-35)39-30-31-44-47(33-39)55-46-29-15-27-43(48(44)46)38-22-13-25-41(32-38)54(40-23-9-4-10-24-40)45-28-14-21-36-18-11-12-26-42(36)45/h2-33H,1,34H2/b52-50-,53-49-. The summed E-state index contributed by atoms with van der Waals surface area (Å²) < 4.78 is 6.60. The van der Waals surface area contributed by atoms with Gasteiger partial charge in [0.15, 0.2) is 11.7 Å². The summed E-state index contributed by atoms with van der Waals surface area (Å²) in [7, 11) is 0. The molecule has 0 aliphatic heterocycles. The van der Waals surface area contributed by atoms with E-state index in [-0.39, 0.29) is 0 Å². The molecule has 1 aromatic heterocycles. The van der Waals surface area contributed by atoms with Crippen molar-refractivity contribution < 1.29 is 4.42 Å². The summed E-state index contributed by atoms with van der Waals surface area (Å²) in [6, 6.07) is 66.9. The first-order valence-corrected chi connectivity index (χ1v) is 18.3. The van der Waals surface area contributed by atoms with E-state index < -0.39 is 0 Å². The van der Waals surface area contributed by atoms with Gasteiger partial charge in [-0.2, -0.15) is 0 Å². The third kappa shape index (κ3) is 6.71. The van der Waals surface area contributed by atoms with Crippen LogP contribution in [0.3, 0.4) is 0 Å². The van der Waals surface area contributed by atoms with Gasteiger partial charge < -0.3 is 9.32 Å². The number of nitrogens with zero attached hydrogens (tertiary/aromatic N) is 4. The van der Waals surface area contributed by atoms with Gasteiger partial charge in [0.2, 0.25) is 0 Å². The molecule has 5 nitrogen and oxygen atoms in total. The Morgan fingerprint density at radius 1 is 0.527 bits per heavy atom. The summed E-state index contributed by atoms with van der Waals surface area (Å²) in [4.78, 5) is 16.6. The minimum absolute atomic E-state index is 0.469. The van der Waals surface area contributed by atoms with E-state index in [0.29, 0.717) is 18.2 Å². The molecule has 0 aliphatic rings. The van der Waals surface area contributed by atoms with Crippen LogP contribution in [0.15, 0.2) is 214 Å². The summed E-state index contributed by atoms with van der Waals surface area (Å²) in [5.41, 5.74) is 9.82. The predicted octanol–water partition coefficient (Wildman–Crippen LogP) is 13.0. The second-order valence-electron chi connectivity index (χ2n) is 13.3. The van der Waals surface area contributed by atoms with Crippen molar-refractivity contribution in [2.75, 3.05) is 4.90 Å². The fourth-order valence-corrected chi connectivity index (χ4v) is 7.25. The SMILES string of the molecule is C=N/C(=N\C(=N/Cc1ccccc1)c1ccc2c(c1)oc1cccc(-c3cccc(N(c4ccccc4)c4cccc5ccccc45)c3)c12)c1ccccc1. The summed E-state index contributed by atoms with van der Waals surface area (Å²) in [5, 5.41) is 4.46. The van der Waals surface area contributed by atoms with Crippen molar-refractivity contribution in [2.45, 2.75) is 6.54 Å². The third-order valence-electron chi connectivity index (χ3n) is 9.84. The normalized spacial score (nSPS) is 12.0. The lowest BCUT2D eigenvalue weighted by Gasteiger charge is -2.27. The molecular formula is C50H36N4O. The van der Waals surface area contributed by atoms with Crippen LogP contribution in [0.1, 0.15) is 16.7 Å². The highest BCUT2D eigenvalue weighted by atomic mass is 16.3. The average Bonchev–Trinajstić information content (AvgIpc) is 3.63. The number of rotatable bonds is 8. The lowest BCUT2D eigenvalue weighted by atomic mass is 9.98. The van der Waals surface area contributed by atoms with Gasteiger partial charge in [0.1, 0.15) is 11.2 Å². The van der Waals surface area contributed by atoms with E-state index in [9.17, 15) is 0 Å². The van der Waals surface area contributed by atoms with Gasteiger partial charge in [0.05, 0.1) is 12.2 Å². The molecule has 0 saturated carbocycles. The number of fused-ring (bicyclic) bond motifs is 4. The van der Waals surface area contributed by atoms with Crippen LogP contribution < -0.4 is 4.90 Å². The minimum atomic E-state index is 0.469. The maximum absolute atomic E-state index is 6.60. The Balaban J connectivity index is 1.15. The van der Waals surface area contributed by atoms with Crippen LogP contribution in [-0.2, 0) is 6.54 Å². The minimum Gasteiger partial charge on any atom is -0.456 e. The molecule has 0 fully saturated rings. The molecule has 55 heavy (non-hydrogen) atoms. The molecule has 0 unspecified atom stereocenters. The average molecular weight is 709 g/mol. The van der Waals surface area contributed by atoms with Gasteiger partial charge in [-0.1, -0.05) is 146 Å². The Morgan fingerprint density at radius 3 is 2.04 bits per heavy atom. The smallest absolute Gasteiger partial charge is 0.161 e. The summed E-state index contributed by atoms with van der Waals surface area (Å²) in [6.07, 6.45) is 0. The molecule has 0 saturated heterocycles.